The second-order valence-electron chi connectivity index (χ2n) is 8.10. The van der Waals surface area contributed by atoms with Gasteiger partial charge in [0.1, 0.15) is 11.3 Å². The molecular formula is C27H21ClN2O3. The first kappa shape index (κ1) is 21.0. The van der Waals surface area contributed by atoms with Gasteiger partial charge in [-0.25, -0.2) is 4.98 Å². The van der Waals surface area contributed by atoms with Crippen LogP contribution in [0.3, 0.4) is 0 Å². The lowest BCUT2D eigenvalue weighted by Crippen LogP contribution is -2.10. The van der Waals surface area contributed by atoms with E-state index in [9.17, 15) is 4.79 Å². The molecule has 0 saturated carbocycles. The molecule has 33 heavy (non-hydrogen) atoms. The Kier molecular flexibility index (Phi) is 5.48. The first-order chi connectivity index (χ1) is 16.0. The average Bonchev–Trinajstić information content (AvgIpc) is 3.47. The third kappa shape index (κ3) is 4.41. The van der Waals surface area contributed by atoms with E-state index in [-0.39, 0.29) is 11.7 Å². The minimum Gasteiger partial charge on any atom is -0.451 e. The van der Waals surface area contributed by atoms with Gasteiger partial charge in [0.15, 0.2) is 11.3 Å². The number of fused-ring (bicyclic) bond motifs is 1. The van der Waals surface area contributed by atoms with Crippen molar-refractivity contribution in [2.24, 2.45) is 0 Å². The molecule has 0 bridgehead atoms. The lowest BCUT2D eigenvalue weighted by molar-refractivity contribution is 0.0997. The summed E-state index contributed by atoms with van der Waals surface area (Å²) in [5, 5.41) is 3.50. The van der Waals surface area contributed by atoms with E-state index >= 15 is 0 Å². The second kappa shape index (κ2) is 8.60. The molecule has 0 saturated heterocycles. The molecule has 0 aliphatic rings. The number of anilines is 1. The van der Waals surface area contributed by atoms with Gasteiger partial charge in [-0.2, -0.15) is 0 Å². The van der Waals surface area contributed by atoms with E-state index in [1.165, 1.54) is 5.56 Å². The predicted molar refractivity (Wildman–Crippen MR) is 131 cm³/mol. The molecule has 164 valence electrons. The van der Waals surface area contributed by atoms with E-state index < -0.39 is 0 Å². The van der Waals surface area contributed by atoms with Crippen LogP contribution in [-0.2, 0) is 0 Å². The number of oxazole rings is 1. The van der Waals surface area contributed by atoms with Crippen molar-refractivity contribution < 1.29 is 13.6 Å². The van der Waals surface area contributed by atoms with Crippen molar-refractivity contribution >= 4 is 34.3 Å². The molecule has 0 spiro atoms. The zero-order valence-electron chi connectivity index (χ0n) is 18.1. The van der Waals surface area contributed by atoms with Crippen LogP contribution in [0.4, 0.5) is 5.69 Å². The predicted octanol–water partition coefficient (Wildman–Crippen LogP) is 7.78. The van der Waals surface area contributed by atoms with Crippen molar-refractivity contribution in [2.45, 2.75) is 19.8 Å². The SMILES string of the molecule is CC(C)c1ccc(-c2nc3cc(NC(=O)c4ccc(-c5ccc(Cl)cc5)o4)ccc3o2)cc1. The van der Waals surface area contributed by atoms with Crippen molar-refractivity contribution in [1.82, 2.24) is 4.98 Å². The van der Waals surface area contributed by atoms with Crippen LogP contribution in [0.25, 0.3) is 33.9 Å². The molecule has 3 aromatic carbocycles. The van der Waals surface area contributed by atoms with Gasteiger partial charge in [0, 0.05) is 21.8 Å². The molecule has 5 aromatic rings. The van der Waals surface area contributed by atoms with Crippen molar-refractivity contribution in [3.63, 3.8) is 0 Å². The number of hydrogen-bond acceptors (Lipinski definition) is 4. The molecule has 0 unspecified atom stereocenters. The molecule has 2 aromatic heterocycles. The van der Waals surface area contributed by atoms with E-state index in [0.717, 1.165) is 11.1 Å². The molecule has 1 N–H and O–H groups in total. The van der Waals surface area contributed by atoms with Gasteiger partial charge < -0.3 is 14.2 Å². The number of amides is 1. The van der Waals surface area contributed by atoms with Gasteiger partial charge in [-0.1, -0.05) is 37.6 Å². The third-order valence-corrected chi connectivity index (χ3v) is 5.68. The lowest BCUT2D eigenvalue weighted by atomic mass is 10.0. The van der Waals surface area contributed by atoms with Gasteiger partial charge >= 0.3 is 0 Å². The quantitative estimate of drug-likeness (QED) is 0.293. The van der Waals surface area contributed by atoms with Crippen molar-refractivity contribution in [1.29, 1.82) is 0 Å². The van der Waals surface area contributed by atoms with Crippen LogP contribution in [-0.4, -0.2) is 10.9 Å². The summed E-state index contributed by atoms with van der Waals surface area (Å²) in [6.45, 7) is 4.32. The Morgan fingerprint density at radius 1 is 0.879 bits per heavy atom. The highest BCUT2D eigenvalue weighted by Gasteiger charge is 2.14. The smallest absolute Gasteiger partial charge is 0.291 e. The highest BCUT2D eigenvalue weighted by atomic mass is 35.5. The van der Waals surface area contributed by atoms with Gasteiger partial charge in [-0.15, -0.1) is 0 Å². The summed E-state index contributed by atoms with van der Waals surface area (Å²) in [5.41, 5.74) is 4.93. The first-order valence-corrected chi connectivity index (χ1v) is 11.0. The van der Waals surface area contributed by atoms with E-state index in [1.807, 2.05) is 24.3 Å². The van der Waals surface area contributed by atoms with Gasteiger partial charge in [-0.3, -0.25) is 4.79 Å². The lowest BCUT2D eigenvalue weighted by Gasteiger charge is -2.04. The van der Waals surface area contributed by atoms with Gasteiger partial charge in [-0.05, 0) is 78.2 Å². The Morgan fingerprint density at radius 2 is 1.61 bits per heavy atom. The summed E-state index contributed by atoms with van der Waals surface area (Å²) < 4.78 is 11.6. The molecule has 0 fully saturated rings. The minimum atomic E-state index is -0.345. The van der Waals surface area contributed by atoms with Crippen LogP contribution in [0.1, 0.15) is 35.9 Å². The van der Waals surface area contributed by atoms with Gasteiger partial charge in [0.05, 0.1) is 0 Å². The van der Waals surface area contributed by atoms with Crippen molar-refractivity contribution in [3.05, 3.63) is 95.2 Å². The van der Waals surface area contributed by atoms with Gasteiger partial charge in [0.25, 0.3) is 5.91 Å². The topological polar surface area (TPSA) is 68.3 Å². The maximum absolute atomic E-state index is 12.7. The Balaban J connectivity index is 1.34. The summed E-state index contributed by atoms with van der Waals surface area (Å²) >= 11 is 5.93. The van der Waals surface area contributed by atoms with Crippen LogP contribution < -0.4 is 5.32 Å². The summed E-state index contributed by atoms with van der Waals surface area (Å²) in [5.74, 6) is 1.47. The molecule has 5 nitrogen and oxygen atoms in total. The minimum absolute atomic E-state index is 0.214. The number of nitrogens with one attached hydrogen (secondary N) is 1. The number of rotatable bonds is 5. The van der Waals surface area contributed by atoms with E-state index in [2.05, 4.69) is 36.3 Å². The van der Waals surface area contributed by atoms with Crippen molar-refractivity contribution in [3.8, 4) is 22.8 Å². The highest BCUT2D eigenvalue weighted by molar-refractivity contribution is 6.30. The van der Waals surface area contributed by atoms with Crippen molar-refractivity contribution in [2.75, 3.05) is 5.32 Å². The Hall–Kier alpha value is -3.83. The Labute approximate surface area is 196 Å². The first-order valence-electron chi connectivity index (χ1n) is 10.6. The number of furan rings is 1. The summed E-state index contributed by atoms with van der Waals surface area (Å²) in [4.78, 5) is 17.3. The highest BCUT2D eigenvalue weighted by Crippen LogP contribution is 2.28. The number of nitrogens with zero attached hydrogens (tertiary/aromatic N) is 1. The Bertz CT molecular complexity index is 1430. The van der Waals surface area contributed by atoms with E-state index in [1.54, 1.807) is 42.5 Å². The molecule has 5 rings (SSSR count). The second-order valence-corrected chi connectivity index (χ2v) is 8.54. The molecule has 0 radical (unpaired) electrons. The van der Waals surface area contributed by atoms with Crippen LogP contribution in [0.5, 0.6) is 0 Å². The molecule has 2 heterocycles. The number of halogens is 1. The number of aromatic nitrogens is 1. The molecule has 1 amide bonds. The standard InChI is InChI=1S/C27H21ClN2O3/c1-16(2)17-3-5-19(6-4-17)27-30-22-15-21(11-12-24(22)33-27)29-26(31)25-14-13-23(32-25)18-7-9-20(28)10-8-18/h3-16H,1-2H3,(H,29,31). The average molecular weight is 457 g/mol. The number of benzene rings is 3. The summed E-state index contributed by atoms with van der Waals surface area (Å²) in [7, 11) is 0. The maximum atomic E-state index is 12.7. The molecule has 0 atom stereocenters. The fourth-order valence-corrected chi connectivity index (χ4v) is 3.69. The van der Waals surface area contributed by atoms with Crippen LogP contribution in [0.2, 0.25) is 5.02 Å². The number of hydrogen-bond donors (Lipinski definition) is 1. The zero-order valence-corrected chi connectivity index (χ0v) is 18.9. The van der Waals surface area contributed by atoms with E-state index in [4.69, 9.17) is 20.4 Å². The van der Waals surface area contributed by atoms with E-state index in [0.29, 0.717) is 39.4 Å². The summed E-state index contributed by atoms with van der Waals surface area (Å²) in [6, 6.07) is 24.2. The fourth-order valence-electron chi connectivity index (χ4n) is 3.56. The molecule has 0 aliphatic heterocycles. The van der Waals surface area contributed by atoms with Crippen LogP contribution in [0, 0.1) is 0 Å². The number of carbonyl (C=O) groups is 1. The van der Waals surface area contributed by atoms with Crippen LogP contribution in [0.15, 0.2) is 87.7 Å². The van der Waals surface area contributed by atoms with Gasteiger partial charge in [0.2, 0.25) is 5.89 Å². The summed E-state index contributed by atoms with van der Waals surface area (Å²) in [6.07, 6.45) is 0. The fraction of sp³-hybridized carbons (Fsp3) is 0.111. The molecular weight excluding hydrogens is 436 g/mol. The molecule has 0 aliphatic carbocycles. The maximum Gasteiger partial charge on any atom is 0.291 e. The normalized spacial score (nSPS) is 11.3. The third-order valence-electron chi connectivity index (χ3n) is 5.43. The van der Waals surface area contributed by atoms with Crippen LogP contribution >= 0.6 is 11.6 Å². The monoisotopic (exact) mass is 456 g/mol. The number of carbonyl (C=O) groups excluding carboxylic acids is 1. The largest absolute Gasteiger partial charge is 0.451 e. The zero-order chi connectivity index (χ0) is 22.9. The Morgan fingerprint density at radius 3 is 2.33 bits per heavy atom. The molecule has 6 heteroatoms.